The Kier molecular flexibility index (Phi) is 5.84. The molecular formula is C20H19FN4O2. The lowest BCUT2D eigenvalue weighted by Gasteiger charge is -2.08. The van der Waals surface area contributed by atoms with Crippen LogP contribution in [-0.4, -0.2) is 18.1 Å². The highest BCUT2D eigenvalue weighted by Gasteiger charge is 2.02. The number of methoxy groups -OCH3 is 1. The quantitative estimate of drug-likeness (QED) is 0.510. The number of anilines is 1. The van der Waals surface area contributed by atoms with E-state index in [1.807, 2.05) is 30.3 Å². The summed E-state index contributed by atoms with van der Waals surface area (Å²) < 4.78 is 23.7. The van der Waals surface area contributed by atoms with Crippen molar-refractivity contribution in [3.05, 3.63) is 78.2 Å². The second kappa shape index (κ2) is 8.66. The maximum absolute atomic E-state index is 12.9. The number of ether oxygens (including phenoxy) is 2. The van der Waals surface area contributed by atoms with E-state index in [-0.39, 0.29) is 11.8 Å². The number of benzene rings is 2. The summed E-state index contributed by atoms with van der Waals surface area (Å²) in [7, 11) is 1.61. The number of guanidine groups is 1. The van der Waals surface area contributed by atoms with Gasteiger partial charge >= 0.3 is 0 Å². The Morgan fingerprint density at radius 3 is 2.48 bits per heavy atom. The molecule has 0 aliphatic carbocycles. The topological polar surface area (TPSA) is 81.8 Å². The molecule has 7 heteroatoms. The number of aliphatic imine (C=N–C) groups is 1. The lowest BCUT2D eigenvalue weighted by atomic mass is 10.2. The van der Waals surface area contributed by atoms with E-state index >= 15 is 0 Å². The second-order valence-electron chi connectivity index (χ2n) is 5.61. The molecule has 0 radical (unpaired) electrons. The molecule has 6 nitrogen and oxygen atoms in total. The van der Waals surface area contributed by atoms with Crippen molar-refractivity contribution in [1.82, 2.24) is 4.98 Å². The third-order valence-electron chi connectivity index (χ3n) is 3.63. The molecular weight excluding hydrogens is 347 g/mol. The lowest BCUT2D eigenvalue weighted by molar-refractivity contribution is 0.415. The average molecular weight is 366 g/mol. The number of nitrogens with one attached hydrogen (secondary N) is 1. The fourth-order valence-corrected chi connectivity index (χ4v) is 2.27. The van der Waals surface area contributed by atoms with Crippen LogP contribution in [0.5, 0.6) is 17.4 Å². The molecule has 1 aromatic heterocycles. The summed E-state index contributed by atoms with van der Waals surface area (Å²) in [6.07, 6.45) is 1.62. The summed E-state index contributed by atoms with van der Waals surface area (Å²) >= 11 is 0. The number of nitrogens with two attached hydrogens (primary N) is 1. The first-order chi connectivity index (χ1) is 13.1. The van der Waals surface area contributed by atoms with Gasteiger partial charge in [0.2, 0.25) is 5.88 Å². The first-order valence-electron chi connectivity index (χ1n) is 8.22. The lowest BCUT2D eigenvalue weighted by Crippen LogP contribution is -2.22. The van der Waals surface area contributed by atoms with E-state index in [1.165, 1.54) is 12.1 Å². The fraction of sp³-hybridized carbons (Fsp3) is 0.100. The zero-order valence-electron chi connectivity index (χ0n) is 14.7. The Labute approximate surface area is 156 Å². The summed E-state index contributed by atoms with van der Waals surface area (Å²) in [4.78, 5) is 8.46. The number of rotatable bonds is 6. The van der Waals surface area contributed by atoms with Crippen LogP contribution in [0.4, 0.5) is 10.1 Å². The van der Waals surface area contributed by atoms with Crippen molar-refractivity contribution in [3.63, 3.8) is 0 Å². The highest BCUT2D eigenvalue weighted by atomic mass is 19.1. The van der Waals surface area contributed by atoms with Crippen LogP contribution in [0.15, 0.2) is 71.9 Å². The number of nitrogens with zero attached hydrogens (tertiary/aromatic N) is 2. The van der Waals surface area contributed by atoms with E-state index in [0.717, 1.165) is 17.0 Å². The number of halogens is 1. The summed E-state index contributed by atoms with van der Waals surface area (Å²) in [5, 5.41) is 3.01. The number of hydrogen-bond acceptors (Lipinski definition) is 4. The average Bonchev–Trinajstić information content (AvgIpc) is 2.69. The van der Waals surface area contributed by atoms with Crippen LogP contribution in [0.1, 0.15) is 5.56 Å². The summed E-state index contributed by atoms with van der Waals surface area (Å²) in [5.41, 5.74) is 7.61. The monoisotopic (exact) mass is 366 g/mol. The van der Waals surface area contributed by atoms with Gasteiger partial charge in [0.05, 0.1) is 13.7 Å². The van der Waals surface area contributed by atoms with Crippen LogP contribution in [0.25, 0.3) is 0 Å². The fourth-order valence-electron chi connectivity index (χ4n) is 2.27. The Morgan fingerprint density at radius 1 is 1.07 bits per heavy atom. The van der Waals surface area contributed by atoms with Crippen LogP contribution in [0.3, 0.4) is 0 Å². The van der Waals surface area contributed by atoms with E-state index in [1.54, 1.807) is 31.5 Å². The minimum atomic E-state index is -0.321. The summed E-state index contributed by atoms with van der Waals surface area (Å²) in [6, 6.07) is 16.7. The smallest absolute Gasteiger partial charge is 0.219 e. The van der Waals surface area contributed by atoms with Crippen molar-refractivity contribution < 1.29 is 13.9 Å². The van der Waals surface area contributed by atoms with Gasteiger partial charge in [-0.2, -0.15) is 0 Å². The van der Waals surface area contributed by atoms with Crippen LogP contribution < -0.4 is 20.5 Å². The maximum atomic E-state index is 12.9. The normalized spacial score (nSPS) is 11.1. The Balaban J connectivity index is 1.61. The van der Waals surface area contributed by atoms with Gasteiger partial charge in [0.1, 0.15) is 17.3 Å². The van der Waals surface area contributed by atoms with Crippen molar-refractivity contribution in [2.45, 2.75) is 6.54 Å². The van der Waals surface area contributed by atoms with Gasteiger partial charge in [-0.05, 0) is 60.2 Å². The first kappa shape index (κ1) is 18.2. The molecule has 3 aromatic rings. The molecule has 0 fully saturated rings. The van der Waals surface area contributed by atoms with E-state index in [0.29, 0.717) is 18.2 Å². The minimum Gasteiger partial charge on any atom is -0.497 e. The van der Waals surface area contributed by atoms with Crippen molar-refractivity contribution in [1.29, 1.82) is 0 Å². The molecule has 0 spiro atoms. The Morgan fingerprint density at radius 2 is 1.78 bits per heavy atom. The molecule has 0 atom stereocenters. The van der Waals surface area contributed by atoms with Crippen molar-refractivity contribution in [2.75, 3.05) is 12.4 Å². The van der Waals surface area contributed by atoms with Crippen LogP contribution in [0.2, 0.25) is 0 Å². The third kappa shape index (κ3) is 5.43. The van der Waals surface area contributed by atoms with Crippen LogP contribution >= 0.6 is 0 Å². The van der Waals surface area contributed by atoms with Gasteiger partial charge in [0, 0.05) is 18.0 Å². The van der Waals surface area contributed by atoms with Crippen molar-refractivity contribution in [3.8, 4) is 17.4 Å². The van der Waals surface area contributed by atoms with E-state index in [2.05, 4.69) is 15.3 Å². The molecule has 0 aliphatic rings. The Hall–Kier alpha value is -3.61. The Bertz CT molecular complexity index is 912. The molecule has 3 rings (SSSR count). The first-order valence-corrected chi connectivity index (χ1v) is 8.22. The third-order valence-corrected chi connectivity index (χ3v) is 3.63. The van der Waals surface area contributed by atoms with Crippen molar-refractivity contribution in [2.24, 2.45) is 10.7 Å². The summed E-state index contributed by atoms with van der Waals surface area (Å²) in [6.45, 7) is 0.358. The van der Waals surface area contributed by atoms with Crippen LogP contribution in [0, 0.1) is 5.82 Å². The van der Waals surface area contributed by atoms with Crippen molar-refractivity contribution >= 4 is 11.6 Å². The largest absolute Gasteiger partial charge is 0.497 e. The zero-order valence-corrected chi connectivity index (χ0v) is 14.7. The van der Waals surface area contributed by atoms with E-state index < -0.39 is 0 Å². The number of pyridine rings is 1. The van der Waals surface area contributed by atoms with Gasteiger partial charge in [0.15, 0.2) is 5.96 Å². The van der Waals surface area contributed by atoms with E-state index in [4.69, 9.17) is 15.2 Å². The molecule has 2 aromatic carbocycles. The molecule has 0 saturated carbocycles. The molecule has 3 N–H and O–H groups in total. The SMILES string of the molecule is COc1ccc(NC(N)=NCc2ccnc(Oc3ccc(F)cc3)c2)cc1. The minimum absolute atomic E-state index is 0.290. The molecule has 0 unspecified atom stereocenters. The molecule has 0 bridgehead atoms. The van der Waals surface area contributed by atoms with Gasteiger partial charge < -0.3 is 20.5 Å². The highest BCUT2D eigenvalue weighted by molar-refractivity contribution is 5.92. The van der Waals surface area contributed by atoms with Gasteiger partial charge in [-0.15, -0.1) is 0 Å². The second-order valence-corrected chi connectivity index (χ2v) is 5.61. The van der Waals surface area contributed by atoms with Crippen LogP contribution in [-0.2, 0) is 6.54 Å². The molecule has 27 heavy (non-hydrogen) atoms. The number of hydrogen-bond donors (Lipinski definition) is 2. The number of aromatic nitrogens is 1. The highest BCUT2D eigenvalue weighted by Crippen LogP contribution is 2.20. The predicted molar refractivity (Wildman–Crippen MR) is 103 cm³/mol. The van der Waals surface area contributed by atoms with Gasteiger partial charge in [-0.25, -0.2) is 14.4 Å². The molecule has 0 saturated heterocycles. The molecule has 0 aliphatic heterocycles. The van der Waals surface area contributed by atoms with Gasteiger partial charge in [-0.1, -0.05) is 0 Å². The molecule has 1 heterocycles. The maximum Gasteiger partial charge on any atom is 0.219 e. The zero-order chi connectivity index (χ0) is 19.1. The summed E-state index contributed by atoms with van der Waals surface area (Å²) in [5.74, 6) is 1.64. The van der Waals surface area contributed by atoms with E-state index in [9.17, 15) is 4.39 Å². The predicted octanol–water partition coefficient (Wildman–Crippen LogP) is 3.95. The molecule has 0 amide bonds. The van der Waals surface area contributed by atoms with Gasteiger partial charge in [-0.3, -0.25) is 0 Å². The standard InChI is InChI=1S/C20H19FN4O2/c1-26-17-8-4-16(5-9-17)25-20(22)24-13-14-10-11-23-19(12-14)27-18-6-2-15(21)3-7-18/h2-12H,13H2,1H3,(H3,22,24,25). The molecule has 138 valence electrons. The van der Waals surface area contributed by atoms with Gasteiger partial charge in [0.25, 0.3) is 0 Å².